The number of carbonyl (C=O) groups excluding carboxylic acids is 1. The summed E-state index contributed by atoms with van der Waals surface area (Å²) >= 11 is 1.65. The molecule has 2 aromatic rings. The number of hydrogen-bond donors (Lipinski definition) is 1. The molecule has 2 aromatic heterocycles. The molecular weight excluding hydrogens is 336 g/mol. The predicted octanol–water partition coefficient (Wildman–Crippen LogP) is 3.57. The second-order valence-electron chi connectivity index (χ2n) is 6.47. The van der Waals surface area contributed by atoms with E-state index in [0.717, 1.165) is 48.5 Å². The summed E-state index contributed by atoms with van der Waals surface area (Å²) < 4.78 is 7.49. The predicted molar refractivity (Wildman–Crippen MR) is 100 cm³/mol. The number of rotatable bonds is 6. The summed E-state index contributed by atoms with van der Waals surface area (Å²) in [7, 11) is 1.87. The van der Waals surface area contributed by atoms with Gasteiger partial charge in [0.1, 0.15) is 5.82 Å². The van der Waals surface area contributed by atoms with Crippen molar-refractivity contribution in [3.8, 4) is 0 Å². The number of thiophene rings is 1. The maximum atomic E-state index is 13.0. The quantitative estimate of drug-likeness (QED) is 0.855. The molecule has 0 radical (unpaired) electrons. The molecule has 3 rings (SSSR count). The van der Waals surface area contributed by atoms with Gasteiger partial charge in [-0.15, -0.1) is 0 Å². The largest absolute Gasteiger partial charge is 0.376 e. The fourth-order valence-electron chi connectivity index (χ4n) is 3.23. The molecule has 2 amide bonds. The Morgan fingerprint density at radius 2 is 2.40 bits per heavy atom. The number of ether oxygens (including phenoxy) is 1. The van der Waals surface area contributed by atoms with Gasteiger partial charge in [0.15, 0.2) is 0 Å². The first kappa shape index (κ1) is 17.9. The SMILES string of the molecule is CCc1nn(C)c(NC(=O)N(Cc2ccsc2)C[C@@H]2CCCO2)c1C. The Bertz CT molecular complexity index is 705. The van der Waals surface area contributed by atoms with Crippen molar-refractivity contribution >= 4 is 23.2 Å². The molecule has 6 nitrogen and oxygen atoms in total. The van der Waals surface area contributed by atoms with Crippen LogP contribution in [0.4, 0.5) is 10.6 Å². The molecule has 1 atom stereocenters. The lowest BCUT2D eigenvalue weighted by Gasteiger charge is -2.25. The fourth-order valence-corrected chi connectivity index (χ4v) is 3.89. The minimum absolute atomic E-state index is 0.101. The van der Waals surface area contributed by atoms with Gasteiger partial charge in [-0.1, -0.05) is 6.92 Å². The van der Waals surface area contributed by atoms with Crippen molar-refractivity contribution in [3.05, 3.63) is 33.6 Å². The molecule has 0 unspecified atom stereocenters. The maximum Gasteiger partial charge on any atom is 0.323 e. The number of carbonyl (C=O) groups is 1. The first-order chi connectivity index (χ1) is 12.1. The van der Waals surface area contributed by atoms with E-state index in [2.05, 4.69) is 28.8 Å². The van der Waals surface area contributed by atoms with E-state index < -0.39 is 0 Å². The molecule has 1 aliphatic rings. The number of urea groups is 1. The van der Waals surface area contributed by atoms with Crippen LogP contribution >= 0.6 is 11.3 Å². The second-order valence-corrected chi connectivity index (χ2v) is 7.25. The number of nitrogens with one attached hydrogen (secondary N) is 1. The van der Waals surface area contributed by atoms with Gasteiger partial charge in [-0.2, -0.15) is 16.4 Å². The van der Waals surface area contributed by atoms with Gasteiger partial charge in [-0.25, -0.2) is 4.79 Å². The molecule has 1 aliphatic heterocycles. The van der Waals surface area contributed by atoms with Crippen molar-refractivity contribution in [3.63, 3.8) is 0 Å². The van der Waals surface area contributed by atoms with Crippen molar-refractivity contribution in [2.45, 2.75) is 45.8 Å². The molecule has 25 heavy (non-hydrogen) atoms. The second kappa shape index (κ2) is 8.01. The van der Waals surface area contributed by atoms with Gasteiger partial charge in [0.2, 0.25) is 0 Å². The van der Waals surface area contributed by atoms with Crippen molar-refractivity contribution in [2.75, 3.05) is 18.5 Å². The van der Waals surface area contributed by atoms with Crippen LogP contribution in [-0.2, 0) is 24.8 Å². The van der Waals surface area contributed by atoms with Crippen molar-refractivity contribution in [2.24, 2.45) is 7.05 Å². The highest BCUT2D eigenvalue weighted by atomic mass is 32.1. The number of amides is 2. The summed E-state index contributed by atoms with van der Waals surface area (Å²) in [6.45, 7) is 6.07. The highest BCUT2D eigenvalue weighted by Gasteiger charge is 2.24. The molecule has 136 valence electrons. The topological polar surface area (TPSA) is 59.4 Å². The summed E-state index contributed by atoms with van der Waals surface area (Å²) in [5.41, 5.74) is 3.20. The zero-order chi connectivity index (χ0) is 17.8. The van der Waals surface area contributed by atoms with E-state index in [1.165, 1.54) is 0 Å². The molecule has 0 spiro atoms. The summed E-state index contributed by atoms with van der Waals surface area (Å²) in [5, 5.41) is 11.7. The lowest BCUT2D eigenvalue weighted by Crippen LogP contribution is -2.40. The third-order valence-corrected chi connectivity index (χ3v) is 5.36. The van der Waals surface area contributed by atoms with E-state index in [4.69, 9.17) is 4.74 Å². The van der Waals surface area contributed by atoms with E-state index in [1.807, 2.05) is 24.3 Å². The van der Waals surface area contributed by atoms with E-state index >= 15 is 0 Å². The molecule has 0 aromatic carbocycles. The van der Waals surface area contributed by atoms with Crippen LogP contribution in [0.15, 0.2) is 16.8 Å². The van der Waals surface area contributed by atoms with Crippen LogP contribution in [0.25, 0.3) is 0 Å². The number of hydrogen-bond acceptors (Lipinski definition) is 4. The Morgan fingerprint density at radius 3 is 3.00 bits per heavy atom. The van der Waals surface area contributed by atoms with Crippen LogP contribution in [-0.4, -0.2) is 40.0 Å². The van der Waals surface area contributed by atoms with E-state index in [-0.39, 0.29) is 12.1 Å². The van der Waals surface area contributed by atoms with Crippen LogP contribution in [0.3, 0.4) is 0 Å². The minimum Gasteiger partial charge on any atom is -0.376 e. The number of nitrogens with zero attached hydrogens (tertiary/aromatic N) is 3. The zero-order valence-corrected chi connectivity index (χ0v) is 15.9. The van der Waals surface area contributed by atoms with Gasteiger partial charge in [-0.05, 0) is 48.6 Å². The average Bonchev–Trinajstić information content (AvgIpc) is 3.33. The first-order valence-electron chi connectivity index (χ1n) is 8.79. The molecular formula is C18H26N4O2S. The van der Waals surface area contributed by atoms with E-state index in [9.17, 15) is 4.79 Å². The lowest BCUT2D eigenvalue weighted by atomic mass is 10.2. The van der Waals surface area contributed by atoms with Crippen molar-refractivity contribution in [1.82, 2.24) is 14.7 Å². The Balaban J connectivity index is 1.74. The van der Waals surface area contributed by atoms with Gasteiger partial charge in [0, 0.05) is 32.3 Å². The zero-order valence-electron chi connectivity index (χ0n) is 15.1. The normalized spacial score (nSPS) is 17.0. The smallest absolute Gasteiger partial charge is 0.323 e. The Labute approximate surface area is 152 Å². The van der Waals surface area contributed by atoms with Crippen molar-refractivity contribution < 1.29 is 9.53 Å². The first-order valence-corrected chi connectivity index (χ1v) is 9.73. The van der Waals surface area contributed by atoms with Gasteiger partial charge in [0.25, 0.3) is 0 Å². The van der Waals surface area contributed by atoms with Gasteiger partial charge < -0.3 is 9.64 Å². The van der Waals surface area contributed by atoms with Gasteiger partial charge in [0.05, 0.1) is 11.8 Å². The standard InChI is InChI=1S/C18H26N4O2S/c1-4-16-13(2)17(21(3)20-16)19-18(23)22(10-14-7-9-25-12-14)11-15-6-5-8-24-15/h7,9,12,15H,4-6,8,10-11H2,1-3H3,(H,19,23)/t15-/m0/s1. The van der Waals surface area contributed by atoms with Crippen LogP contribution < -0.4 is 5.32 Å². The molecule has 1 fully saturated rings. The van der Waals surface area contributed by atoms with E-state index in [1.54, 1.807) is 16.0 Å². The summed E-state index contributed by atoms with van der Waals surface area (Å²) in [5.74, 6) is 0.768. The summed E-state index contributed by atoms with van der Waals surface area (Å²) in [6.07, 6.45) is 3.06. The Morgan fingerprint density at radius 1 is 1.56 bits per heavy atom. The average molecular weight is 362 g/mol. The molecule has 3 heterocycles. The van der Waals surface area contributed by atoms with Crippen LogP contribution in [0.5, 0.6) is 0 Å². The molecule has 0 bridgehead atoms. The van der Waals surface area contributed by atoms with Crippen molar-refractivity contribution in [1.29, 1.82) is 0 Å². The third kappa shape index (κ3) is 4.22. The number of anilines is 1. The number of aryl methyl sites for hydroxylation is 2. The Hall–Kier alpha value is -1.86. The lowest BCUT2D eigenvalue weighted by molar-refractivity contribution is 0.0819. The maximum absolute atomic E-state index is 13.0. The molecule has 1 saturated heterocycles. The summed E-state index contributed by atoms with van der Waals surface area (Å²) in [6, 6.07) is 1.96. The Kier molecular flexibility index (Phi) is 5.75. The highest BCUT2D eigenvalue weighted by molar-refractivity contribution is 7.07. The molecule has 0 saturated carbocycles. The molecule has 0 aliphatic carbocycles. The fraction of sp³-hybridized carbons (Fsp3) is 0.556. The molecule has 1 N–H and O–H groups in total. The summed E-state index contributed by atoms with van der Waals surface area (Å²) in [4.78, 5) is 14.8. The minimum atomic E-state index is -0.101. The van der Waals surface area contributed by atoms with Gasteiger partial charge >= 0.3 is 6.03 Å². The number of aromatic nitrogens is 2. The van der Waals surface area contributed by atoms with E-state index in [0.29, 0.717) is 13.1 Å². The molecule has 7 heteroatoms. The van der Waals surface area contributed by atoms with Crippen LogP contribution in [0, 0.1) is 6.92 Å². The van der Waals surface area contributed by atoms with Gasteiger partial charge in [-0.3, -0.25) is 10.00 Å². The van der Waals surface area contributed by atoms with Crippen LogP contribution in [0.2, 0.25) is 0 Å². The monoisotopic (exact) mass is 362 g/mol. The highest BCUT2D eigenvalue weighted by Crippen LogP contribution is 2.21. The van der Waals surface area contributed by atoms with Crippen LogP contribution in [0.1, 0.15) is 36.6 Å². The third-order valence-electron chi connectivity index (χ3n) is 4.63.